The minimum atomic E-state index is 0.250. The average molecular weight is 180 g/mol. The largest absolute Gasteiger partial charge is 0.383 e. The number of pyridine rings is 1. The summed E-state index contributed by atoms with van der Waals surface area (Å²) < 4.78 is 0. The molecule has 70 valence electrons. The third-order valence-electron chi connectivity index (χ3n) is 1.68. The fourth-order valence-electron chi connectivity index (χ4n) is 1.07. The lowest BCUT2D eigenvalue weighted by Gasteiger charge is -2.03. The SMILES string of the molecule is CCc1c(C)ccnc1N.O=C=O. The van der Waals surface area contributed by atoms with E-state index in [0.717, 1.165) is 6.42 Å². The first-order chi connectivity index (χ1) is 6.17. The lowest BCUT2D eigenvalue weighted by atomic mass is 10.1. The van der Waals surface area contributed by atoms with Gasteiger partial charge in [-0.3, -0.25) is 0 Å². The normalized spacial score (nSPS) is 8.15. The second-order valence-corrected chi connectivity index (χ2v) is 2.43. The first kappa shape index (κ1) is 11.3. The van der Waals surface area contributed by atoms with Gasteiger partial charge in [0.15, 0.2) is 0 Å². The molecule has 4 nitrogen and oxygen atoms in total. The molecule has 0 unspecified atom stereocenters. The van der Waals surface area contributed by atoms with Crippen LogP contribution in [0.15, 0.2) is 12.3 Å². The van der Waals surface area contributed by atoms with Crippen molar-refractivity contribution in [2.45, 2.75) is 20.3 Å². The number of nitrogens with two attached hydrogens (primary N) is 1. The van der Waals surface area contributed by atoms with Crippen LogP contribution in [0.4, 0.5) is 5.82 Å². The van der Waals surface area contributed by atoms with Crippen molar-refractivity contribution in [1.82, 2.24) is 4.98 Å². The molecule has 0 atom stereocenters. The minimum absolute atomic E-state index is 0.250. The first-order valence-corrected chi connectivity index (χ1v) is 3.86. The van der Waals surface area contributed by atoms with Gasteiger partial charge in [0.1, 0.15) is 5.82 Å². The van der Waals surface area contributed by atoms with Crippen molar-refractivity contribution in [2.24, 2.45) is 0 Å². The van der Waals surface area contributed by atoms with E-state index >= 15 is 0 Å². The van der Waals surface area contributed by atoms with Gasteiger partial charge in [0, 0.05) is 6.20 Å². The third-order valence-corrected chi connectivity index (χ3v) is 1.68. The van der Waals surface area contributed by atoms with Gasteiger partial charge in [-0.25, -0.2) is 4.98 Å². The Labute approximate surface area is 76.8 Å². The van der Waals surface area contributed by atoms with Crippen LogP contribution in [0.2, 0.25) is 0 Å². The summed E-state index contributed by atoms with van der Waals surface area (Å²) >= 11 is 0. The zero-order valence-electron chi connectivity index (χ0n) is 7.70. The monoisotopic (exact) mass is 180 g/mol. The molecule has 1 aromatic rings. The van der Waals surface area contributed by atoms with Gasteiger partial charge in [-0.05, 0) is 30.5 Å². The van der Waals surface area contributed by atoms with E-state index in [-0.39, 0.29) is 6.15 Å². The van der Waals surface area contributed by atoms with Crippen molar-refractivity contribution >= 4 is 12.0 Å². The van der Waals surface area contributed by atoms with E-state index in [4.69, 9.17) is 15.3 Å². The molecule has 0 aliphatic rings. The van der Waals surface area contributed by atoms with Crippen LogP contribution in [0.3, 0.4) is 0 Å². The van der Waals surface area contributed by atoms with Crippen LogP contribution in [0.25, 0.3) is 0 Å². The summed E-state index contributed by atoms with van der Waals surface area (Å²) in [6, 6.07) is 1.98. The van der Waals surface area contributed by atoms with E-state index in [1.54, 1.807) is 6.20 Å². The average Bonchev–Trinajstić information content (AvgIpc) is 2.06. The van der Waals surface area contributed by atoms with E-state index in [1.165, 1.54) is 11.1 Å². The zero-order chi connectivity index (χ0) is 10.3. The maximum absolute atomic E-state index is 8.12. The molecular formula is C9H12N2O2. The van der Waals surface area contributed by atoms with Crippen LogP contribution < -0.4 is 5.73 Å². The van der Waals surface area contributed by atoms with E-state index in [2.05, 4.69) is 18.8 Å². The summed E-state index contributed by atoms with van der Waals surface area (Å²) in [6.45, 7) is 4.14. The molecule has 0 saturated carbocycles. The Balaban J connectivity index is 0.000000424. The van der Waals surface area contributed by atoms with Crippen molar-refractivity contribution in [3.8, 4) is 0 Å². The molecule has 4 heteroatoms. The molecule has 0 fully saturated rings. The van der Waals surface area contributed by atoms with Crippen molar-refractivity contribution in [3.63, 3.8) is 0 Å². The standard InChI is InChI=1S/C8H12N2.CO2/c1-3-7-6(2)4-5-10-8(7)9;2-1-3/h4-5H,3H2,1-2H3,(H2,9,10);. The summed E-state index contributed by atoms with van der Waals surface area (Å²) in [7, 11) is 0. The highest BCUT2D eigenvalue weighted by Crippen LogP contribution is 2.12. The van der Waals surface area contributed by atoms with Crippen molar-refractivity contribution < 1.29 is 9.59 Å². The van der Waals surface area contributed by atoms with Gasteiger partial charge in [0.25, 0.3) is 0 Å². The Morgan fingerprint density at radius 2 is 2.08 bits per heavy atom. The third kappa shape index (κ3) is 3.49. The molecule has 1 heterocycles. The molecule has 13 heavy (non-hydrogen) atoms. The van der Waals surface area contributed by atoms with Crippen LogP contribution >= 0.6 is 0 Å². The predicted molar refractivity (Wildman–Crippen MR) is 47.8 cm³/mol. The highest BCUT2D eigenvalue weighted by atomic mass is 16.2. The van der Waals surface area contributed by atoms with Crippen molar-refractivity contribution in [3.05, 3.63) is 23.4 Å². The van der Waals surface area contributed by atoms with Crippen molar-refractivity contribution in [1.29, 1.82) is 0 Å². The highest BCUT2D eigenvalue weighted by molar-refractivity contribution is 5.43. The Kier molecular flexibility index (Phi) is 5.15. The summed E-state index contributed by atoms with van der Waals surface area (Å²) in [5.74, 6) is 0.669. The Morgan fingerprint density at radius 1 is 1.54 bits per heavy atom. The molecular weight excluding hydrogens is 168 g/mol. The first-order valence-electron chi connectivity index (χ1n) is 3.86. The van der Waals surface area contributed by atoms with Crippen LogP contribution in [0, 0.1) is 6.92 Å². The molecule has 0 saturated heterocycles. The van der Waals surface area contributed by atoms with E-state index in [9.17, 15) is 0 Å². The van der Waals surface area contributed by atoms with Crippen LogP contribution in [0.1, 0.15) is 18.1 Å². The van der Waals surface area contributed by atoms with Gasteiger partial charge in [0.2, 0.25) is 0 Å². The molecule has 0 bridgehead atoms. The number of aryl methyl sites for hydroxylation is 1. The summed E-state index contributed by atoms with van der Waals surface area (Å²) in [5.41, 5.74) is 8.02. The van der Waals surface area contributed by atoms with Gasteiger partial charge in [-0.15, -0.1) is 0 Å². The molecule has 0 aliphatic carbocycles. The number of rotatable bonds is 1. The van der Waals surface area contributed by atoms with Gasteiger partial charge in [0.05, 0.1) is 0 Å². The lowest BCUT2D eigenvalue weighted by Crippen LogP contribution is -1.98. The maximum atomic E-state index is 8.12. The molecule has 0 aromatic carbocycles. The minimum Gasteiger partial charge on any atom is -0.383 e. The van der Waals surface area contributed by atoms with E-state index < -0.39 is 0 Å². The van der Waals surface area contributed by atoms with Crippen LogP contribution in [0.5, 0.6) is 0 Å². The number of anilines is 1. The maximum Gasteiger partial charge on any atom is 0.373 e. The zero-order valence-corrected chi connectivity index (χ0v) is 7.70. The number of nitrogen functional groups attached to an aromatic ring is 1. The smallest absolute Gasteiger partial charge is 0.373 e. The molecule has 1 rings (SSSR count). The molecule has 0 amide bonds. The van der Waals surface area contributed by atoms with Crippen LogP contribution in [-0.4, -0.2) is 11.1 Å². The lowest BCUT2D eigenvalue weighted by molar-refractivity contribution is -0.191. The van der Waals surface area contributed by atoms with Gasteiger partial charge in [-0.1, -0.05) is 6.92 Å². The molecule has 0 spiro atoms. The predicted octanol–water partition coefficient (Wildman–Crippen LogP) is 0.951. The Morgan fingerprint density at radius 3 is 2.38 bits per heavy atom. The second kappa shape index (κ2) is 5.91. The Bertz CT molecular complexity index is 284. The number of hydrogen-bond acceptors (Lipinski definition) is 4. The van der Waals surface area contributed by atoms with Gasteiger partial charge < -0.3 is 5.73 Å². The summed E-state index contributed by atoms with van der Waals surface area (Å²) in [5, 5.41) is 0. The van der Waals surface area contributed by atoms with E-state index in [1.807, 2.05) is 6.07 Å². The highest BCUT2D eigenvalue weighted by Gasteiger charge is 1.98. The van der Waals surface area contributed by atoms with Gasteiger partial charge >= 0.3 is 6.15 Å². The number of nitrogens with zero attached hydrogens (tertiary/aromatic N) is 1. The van der Waals surface area contributed by atoms with Crippen molar-refractivity contribution in [2.75, 3.05) is 5.73 Å². The van der Waals surface area contributed by atoms with E-state index in [0.29, 0.717) is 5.82 Å². The Hall–Kier alpha value is -1.67. The fourth-order valence-corrected chi connectivity index (χ4v) is 1.07. The molecule has 2 N–H and O–H groups in total. The number of aromatic nitrogens is 1. The van der Waals surface area contributed by atoms with Gasteiger partial charge in [-0.2, -0.15) is 9.59 Å². The molecule has 1 aromatic heterocycles. The van der Waals surface area contributed by atoms with Crippen LogP contribution in [-0.2, 0) is 16.0 Å². The summed E-state index contributed by atoms with van der Waals surface area (Å²) in [6.07, 6.45) is 2.95. The topological polar surface area (TPSA) is 73.0 Å². The number of carbonyl (C=O) groups excluding carboxylic acids is 2. The fraction of sp³-hybridized carbons (Fsp3) is 0.333. The summed E-state index contributed by atoms with van der Waals surface area (Å²) in [4.78, 5) is 20.2. The quantitative estimate of drug-likeness (QED) is 0.698. The number of hydrogen-bond donors (Lipinski definition) is 1. The second-order valence-electron chi connectivity index (χ2n) is 2.43. The molecule has 0 aliphatic heterocycles. The molecule has 0 radical (unpaired) electrons.